The summed E-state index contributed by atoms with van der Waals surface area (Å²) >= 11 is 7.18. The quantitative estimate of drug-likeness (QED) is 0.829. The van der Waals surface area contributed by atoms with E-state index in [1.165, 1.54) is 24.9 Å². The molecule has 0 aromatic heterocycles. The van der Waals surface area contributed by atoms with Gasteiger partial charge in [0.2, 0.25) is 0 Å². The molecule has 2 nitrogen and oxygen atoms in total. The van der Waals surface area contributed by atoms with Gasteiger partial charge in [0.25, 0.3) is 0 Å². The highest BCUT2D eigenvalue weighted by atomic mass is 79.9. The molecule has 1 aliphatic rings. The summed E-state index contributed by atoms with van der Waals surface area (Å²) in [5.74, 6) is 0.701. The number of rotatable bonds is 4. The normalized spacial score (nSPS) is 24.6. The van der Waals surface area contributed by atoms with E-state index in [2.05, 4.69) is 74.2 Å². The van der Waals surface area contributed by atoms with Gasteiger partial charge in [-0.1, -0.05) is 13.0 Å². The zero-order valence-electron chi connectivity index (χ0n) is 11.6. The summed E-state index contributed by atoms with van der Waals surface area (Å²) in [6.07, 6.45) is 2.62. The molecule has 0 spiro atoms. The molecule has 0 bridgehead atoms. The average molecular weight is 390 g/mol. The second kappa shape index (κ2) is 7.21. The van der Waals surface area contributed by atoms with Crippen LogP contribution in [-0.4, -0.2) is 31.6 Å². The van der Waals surface area contributed by atoms with Gasteiger partial charge in [0.05, 0.1) is 0 Å². The number of likely N-dealkylation sites (tertiary alicyclic amines) is 1. The molecule has 1 aromatic rings. The zero-order valence-corrected chi connectivity index (χ0v) is 14.8. The third kappa shape index (κ3) is 3.81. The Hall–Kier alpha value is 0.1000. The van der Waals surface area contributed by atoms with E-state index >= 15 is 0 Å². The minimum absolute atomic E-state index is 0.525. The van der Waals surface area contributed by atoms with Gasteiger partial charge in [0.1, 0.15) is 0 Å². The van der Waals surface area contributed by atoms with Crippen molar-refractivity contribution in [3.05, 3.63) is 32.7 Å². The molecule has 1 fully saturated rings. The van der Waals surface area contributed by atoms with Crippen molar-refractivity contribution in [3.8, 4) is 0 Å². The lowest BCUT2D eigenvalue weighted by molar-refractivity contribution is 0.120. The Kier molecular flexibility index (Phi) is 5.87. The van der Waals surface area contributed by atoms with Crippen LogP contribution in [0.5, 0.6) is 0 Å². The number of piperidine rings is 1. The van der Waals surface area contributed by atoms with E-state index in [4.69, 9.17) is 0 Å². The fourth-order valence-corrected chi connectivity index (χ4v) is 3.67. The molecule has 106 valence electrons. The van der Waals surface area contributed by atoms with Crippen LogP contribution >= 0.6 is 31.9 Å². The van der Waals surface area contributed by atoms with E-state index in [0.717, 1.165) is 22.0 Å². The Labute approximate surface area is 133 Å². The summed E-state index contributed by atoms with van der Waals surface area (Å²) in [5.41, 5.74) is 1.42. The molecule has 0 aliphatic carbocycles. The number of halogens is 2. The Morgan fingerprint density at radius 1 is 1.32 bits per heavy atom. The van der Waals surface area contributed by atoms with Crippen molar-refractivity contribution in [2.75, 3.05) is 26.7 Å². The molecule has 1 heterocycles. The maximum atomic E-state index is 3.62. The summed E-state index contributed by atoms with van der Waals surface area (Å²) in [6, 6.07) is 7.18. The first kappa shape index (κ1) is 15.5. The molecule has 0 amide bonds. The monoisotopic (exact) mass is 388 g/mol. The number of nitrogens with one attached hydrogen (secondary N) is 1. The minimum atomic E-state index is 0.525. The fraction of sp³-hybridized carbons (Fsp3) is 0.600. The van der Waals surface area contributed by atoms with Crippen LogP contribution in [0.2, 0.25) is 0 Å². The summed E-state index contributed by atoms with van der Waals surface area (Å²) < 4.78 is 2.27. The molecule has 1 aliphatic heterocycles. The molecular weight excluding hydrogens is 368 g/mol. The highest BCUT2D eigenvalue weighted by Crippen LogP contribution is 2.37. The number of hydrogen-bond donors (Lipinski definition) is 1. The molecular formula is C15H22Br2N2. The number of benzene rings is 1. The van der Waals surface area contributed by atoms with E-state index in [-0.39, 0.29) is 0 Å². The van der Waals surface area contributed by atoms with Gasteiger partial charge in [0.15, 0.2) is 0 Å². The highest BCUT2D eigenvalue weighted by molar-refractivity contribution is 9.13. The van der Waals surface area contributed by atoms with Crippen molar-refractivity contribution in [1.82, 2.24) is 10.2 Å². The van der Waals surface area contributed by atoms with Crippen LogP contribution in [0.3, 0.4) is 0 Å². The first-order valence-corrected chi connectivity index (χ1v) is 8.58. The Morgan fingerprint density at radius 3 is 2.79 bits per heavy atom. The van der Waals surface area contributed by atoms with Gasteiger partial charge in [-0.25, -0.2) is 0 Å². The van der Waals surface area contributed by atoms with Gasteiger partial charge < -0.3 is 5.32 Å². The van der Waals surface area contributed by atoms with Gasteiger partial charge in [-0.2, -0.15) is 0 Å². The molecule has 2 atom stereocenters. The van der Waals surface area contributed by atoms with Gasteiger partial charge in [-0.3, -0.25) is 4.90 Å². The van der Waals surface area contributed by atoms with E-state index < -0.39 is 0 Å². The van der Waals surface area contributed by atoms with Gasteiger partial charge in [0, 0.05) is 15.0 Å². The molecule has 1 N–H and O–H groups in total. The second-order valence-corrected chi connectivity index (χ2v) is 7.02. The molecule has 0 saturated carbocycles. The van der Waals surface area contributed by atoms with E-state index in [9.17, 15) is 0 Å². The summed E-state index contributed by atoms with van der Waals surface area (Å²) in [6.45, 7) is 5.54. The van der Waals surface area contributed by atoms with E-state index in [0.29, 0.717) is 12.0 Å². The Morgan fingerprint density at radius 2 is 2.11 bits per heavy atom. The maximum Gasteiger partial charge on any atom is 0.0385 e. The van der Waals surface area contributed by atoms with Crippen molar-refractivity contribution in [2.24, 2.45) is 5.92 Å². The van der Waals surface area contributed by atoms with Crippen molar-refractivity contribution < 1.29 is 0 Å². The molecule has 4 heteroatoms. The van der Waals surface area contributed by atoms with Crippen molar-refractivity contribution in [3.63, 3.8) is 0 Å². The number of hydrogen-bond acceptors (Lipinski definition) is 2. The van der Waals surface area contributed by atoms with Crippen LogP contribution in [0.15, 0.2) is 27.1 Å². The highest BCUT2D eigenvalue weighted by Gasteiger charge is 2.30. The predicted molar refractivity (Wildman–Crippen MR) is 88.5 cm³/mol. The first-order valence-electron chi connectivity index (χ1n) is 6.99. The van der Waals surface area contributed by atoms with Crippen LogP contribution in [0, 0.1) is 5.92 Å². The lowest BCUT2D eigenvalue weighted by Gasteiger charge is -2.40. The Balaban J connectivity index is 2.22. The molecule has 1 saturated heterocycles. The third-order valence-electron chi connectivity index (χ3n) is 3.95. The van der Waals surface area contributed by atoms with E-state index in [1.54, 1.807) is 0 Å². The lowest BCUT2D eigenvalue weighted by Crippen LogP contribution is -2.40. The van der Waals surface area contributed by atoms with Crippen LogP contribution in [0.4, 0.5) is 0 Å². The average Bonchev–Trinajstić information content (AvgIpc) is 2.40. The zero-order chi connectivity index (χ0) is 13.8. The fourth-order valence-electron chi connectivity index (χ4n) is 3.03. The van der Waals surface area contributed by atoms with Crippen molar-refractivity contribution in [2.45, 2.75) is 25.8 Å². The molecule has 1 aromatic carbocycles. The number of nitrogens with zero attached hydrogens (tertiary/aromatic N) is 1. The SMILES string of the molecule is CCNCC1CCCN(C)C1c1ccc(Br)c(Br)c1. The van der Waals surface area contributed by atoms with Crippen molar-refractivity contribution >= 4 is 31.9 Å². The maximum absolute atomic E-state index is 3.62. The minimum Gasteiger partial charge on any atom is -0.317 e. The molecule has 19 heavy (non-hydrogen) atoms. The lowest BCUT2D eigenvalue weighted by atomic mass is 9.85. The van der Waals surface area contributed by atoms with Gasteiger partial charge in [-0.15, -0.1) is 0 Å². The van der Waals surface area contributed by atoms with Crippen LogP contribution in [-0.2, 0) is 0 Å². The summed E-state index contributed by atoms with van der Waals surface area (Å²) in [7, 11) is 2.25. The second-order valence-electron chi connectivity index (χ2n) is 5.31. The predicted octanol–water partition coefficient (Wildman–Crippen LogP) is 4.20. The smallest absolute Gasteiger partial charge is 0.0385 e. The van der Waals surface area contributed by atoms with E-state index in [1.807, 2.05) is 0 Å². The molecule has 0 radical (unpaired) electrons. The largest absolute Gasteiger partial charge is 0.317 e. The third-order valence-corrected chi connectivity index (χ3v) is 5.83. The van der Waals surface area contributed by atoms with Gasteiger partial charge in [-0.05, 0) is 95.0 Å². The molecule has 2 unspecified atom stereocenters. The van der Waals surface area contributed by atoms with Crippen LogP contribution in [0.1, 0.15) is 31.4 Å². The van der Waals surface area contributed by atoms with Gasteiger partial charge >= 0.3 is 0 Å². The summed E-state index contributed by atoms with van der Waals surface area (Å²) in [4.78, 5) is 2.50. The van der Waals surface area contributed by atoms with Crippen LogP contribution in [0.25, 0.3) is 0 Å². The summed E-state index contributed by atoms with van der Waals surface area (Å²) in [5, 5.41) is 3.52. The topological polar surface area (TPSA) is 15.3 Å². The molecule has 2 rings (SSSR count). The Bertz CT molecular complexity index is 423. The van der Waals surface area contributed by atoms with Crippen molar-refractivity contribution in [1.29, 1.82) is 0 Å². The first-order chi connectivity index (χ1) is 9.13. The van der Waals surface area contributed by atoms with Crippen LogP contribution < -0.4 is 5.32 Å². The standard InChI is InChI=1S/C15H22Br2N2/c1-3-18-10-12-5-4-8-19(2)15(12)11-6-7-13(16)14(17)9-11/h6-7,9,12,15,18H,3-5,8,10H2,1-2H3.